The first-order valence-electron chi connectivity index (χ1n) is 6.78. The summed E-state index contributed by atoms with van der Waals surface area (Å²) >= 11 is 0. The van der Waals surface area contributed by atoms with Gasteiger partial charge in [0.2, 0.25) is 5.95 Å². The number of anilines is 3. The van der Waals surface area contributed by atoms with Gasteiger partial charge < -0.3 is 20.8 Å². The SMILES string of the molecule is Cn1ncc2c(NCCO)nc(Nc3ccc(O)cc3)nc21. The van der Waals surface area contributed by atoms with Crippen LogP contribution < -0.4 is 10.6 Å². The van der Waals surface area contributed by atoms with Gasteiger partial charge in [0.1, 0.15) is 11.6 Å². The Labute approximate surface area is 126 Å². The molecule has 22 heavy (non-hydrogen) atoms. The van der Waals surface area contributed by atoms with E-state index in [9.17, 15) is 5.11 Å². The minimum Gasteiger partial charge on any atom is -0.508 e. The summed E-state index contributed by atoms with van der Waals surface area (Å²) in [5.41, 5.74) is 1.43. The van der Waals surface area contributed by atoms with Gasteiger partial charge in [0.05, 0.1) is 18.2 Å². The van der Waals surface area contributed by atoms with Crippen molar-refractivity contribution >= 4 is 28.5 Å². The molecule has 8 heteroatoms. The Morgan fingerprint density at radius 1 is 1.18 bits per heavy atom. The fourth-order valence-electron chi connectivity index (χ4n) is 2.06. The molecule has 2 heterocycles. The molecular formula is C14H16N6O2. The summed E-state index contributed by atoms with van der Waals surface area (Å²) in [6.45, 7) is 0.395. The highest BCUT2D eigenvalue weighted by Crippen LogP contribution is 2.23. The summed E-state index contributed by atoms with van der Waals surface area (Å²) in [6, 6.07) is 6.62. The molecule has 1 aromatic carbocycles. The molecule has 0 unspecified atom stereocenters. The molecule has 0 atom stereocenters. The molecule has 8 nitrogen and oxygen atoms in total. The van der Waals surface area contributed by atoms with E-state index in [0.29, 0.717) is 24.0 Å². The number of nitrogens with zero attached hydrogens (tertiary/aromatic N) is 4. The van der Waals surface area contributed by atoms with Crippen LogP contribution in [-0.4, -0.2) is 43.1 Å². The van der Waals surface area contributed by atoms with Gasteiger partial charge >= 0.3 is 0 Å². The minimum atomic E-state index is 0.00643. The lowest BCUT2D eigenvalue weighted by Gasteiger charge is -2.09. The summed E-state index contributed by atoms with van der Waals surface area (Å²) in [7, 11) is 1.80. The molecule has 0 saturated heterocycles. The first kappa shape index (κ1) is 14.1. The molecule has 114 valence electrons. The molecular weight excluding hydrogens is 284 g/mol. The molecule has 0 bridgehead atoms. The number of rotatable bonds is 5. The van der Waals surface area contributed by atoms with Gasteiger partial charge in [-0.1, -0.05) is 0 Å². The Morgan fingerprint density at radius 3 is 2.68 bits per heavy atom. The molecule has 4 N–H and O–H groups in total. The first-order chi connectivity index (χ1) is 10.7. The molecule has 0 fully saturated rings. The van der Waals surface area contributed by atoms with Gasteiger partial charge in [0.25, 0.3) is 0 Å². The minimum absolute atomic E-state index is 0.00643. The van der Waals surface area contributed by atoms with Crippen LogP contribution in [0.5, 0.6) is 5.75 Å². The second-order valence-electron chi connectivity index (χ2n) is 4.72. The average molecular weight is 300 g/mol. The van der Waals surface area contributed by atoms with E-state index < -0.39 is 0 Å². The van der Waals surface area contributed by atoms with Crippen LogP contribution >= 0.6 is 0 Å². The van der Waals surface area contributed by atoms with E-state index in [1.807, 2.05) is 0 Å². The monoisotopic (exact) mass is 300 g/mol. The van der Waals surface area contributed by atoms with Crippen molar-refractivity contribution < 1.29 is 10.2 Å². The van der Waals surface area contributed by atoms with E-state index in [0.717, 1.165) is 11.1 Å². The van der Waals surface area contributed by atoms with Crippen LogP contribution in [-0.2, 0) is 7.05 Å². The van der Waals surface area contributed by atoms with Crippen LogP contribution in [0, 0.1) is 0 Å². The maximum atomic E-state index is 9.31. The van der Waals surface area contributed by atoms with Crippen molar-refractivity contribution in [2.45, 2.75) is 0 Å². The highest BCUT2D eigenvalue weighted by molar-refractivity contribution is 5.87. The zero-order valence-electron chi connectivity index (χ0n) is 12.0. The first-order valence-corrected chi connectivity index (χ1v) is 6.78. The number of hydrogen-bond donors (Lipinski definition) is 4. The molecule has 0 aliphatic rings. The molecule has 0 amide bonds. The van der Waals surface area contributed by atoms with Gasteiger partial charge in [-0.2, -0.15) is 15.1 Å². The summed E-state index contributed by atoms with van der Waals surface area (Å²) < 4.78 is 1.66. The number of phenols is 1. The number of aliphatic hydroxyl groups is 1. The van der Waals surface area contributed by atoms with E-state index in [1.54, 1.807) is 42.2 Å². The zero-order chi connectivity index (χ0) is 15.5. The summed E-state index contributed by atoms with van der Waals surface area (Å²) in [6.07, 6.45) is 1.68. The lowest BCUT2D eigenvalue weighted by atomic mass is 10.3. The highest BCUT2D eigenvalue weighted by atomic mass is 16.3. The smallest absolute Gasteiger partial charge is 0.231 e. The Kier molecular flexibility index (Phi) is 3.75. The van der Waals surface area contributed by atoms with Gasteiger partial charge in [-0.05, 0) is 24.3 Å². The lowest BCUT2D eigenvalue weighted by molar-refractivity contribution is 0.311. The number of hydrogen-bond acceptors (Lipinski definition) is 7. The van der Waals surface area contributed by atoms with Crippen LogP contribution in [0.25, 0.3) is 11.0 Å². The average Bonchev–Trinajstić information content (AvgIpc) is 2.89. The van der Waals surface area contributed by atoms with Crippen molar-refractivity contribution in [2.24, 2.45) is 7.05 Å². The summed E-state index contributed by atoms with van der Waals surface area (Å²) in [5.74, 6) is 1.20. The summed E-state index contributed by atoms with van der Waals surface area (Å²) in [5, 5.41) is 29.4. The molecule has 0 aliphatic heterocycles. The Morgan fingerprint density at radius 2 is 1.95 bits per heavy atom. The third kappa shape index (κ3) is 2.77. The summed E-state index contributed by atoms with van der Waals surface area (Å²) in [4.78, 5) is 8.84. The van der Waals surface area contributed by atoms with Crippen molar-refractivity contribution in [3.05, 3.63) is 30.5 Å². The molecule has 3 aromatic rings. The lowest BCUT2D eigenvalue weighted by Crippen LogP contribution is -2.09. The molecule has 0 saturated carbocycles. The van der Waals surface area contributed by atoms with E-state index in [1.165, 1.54) is 0 Å². The van der Waals surface area contributed by atoms with Crippen LogP contribution in [0.3, 0.4) is 0 Å². The van der Waals surface area contributed by atoms with Gasteiger partial charge in [0.15, 0.2) is 5.65 Å². The number of aliphatic hydroxyl groups excluding tert-OH is 1. The second-order valence-corrected chi connectivity index (χ2v) is 4.72. The van der Waals surface area contributed by atoms with E-state index in [4.69, 9.17) is 5.11 Å². The quantitative estimate of drug-likeness (QED) is 0.525. The largest absolute Gasteiger partial charge is 0.508 e. The Hall–Kier alpha value is -2.87. The maximum Gasteiger partial charge on any atom is 0.231 e. The molecule has 0 spiro atoms. The maximum absolute atomic E-state index is 9.31. The zero-order valence-corrected chi connectivity index (χ0v) is 12.0. The predicted molar refractivity (Wildman–Crippen MR) is 83.3 cm³/mol. The van der Waals surface area contributed by atoms with Gasteiger partial charge in [-0.3, -0.25) is 4.68 Å². The third-order valence-corrected chi connectivity index (χ3v) is 3.12. The van der Waals surface area contributed by atoms with Crippen LogP contribution in [0.1, 0.15) is 0 Å². The molecule has 0 aliphatic carbocycles. The predicted octanol–water partition coefficient (Wildman–Crippen LogP) is 1.22. The third-order valence-electron chi connectivity index (χ3n) is 3.12. The van der Waals surface area contributed by atoms with Crippen molar-refractivity contribution in [2.75, 3.05) is 23.8 Å². The molecule has 3 rings (SSSR count). The van der Waals surface area contributed by atoms with E-state index in [2.05, 4.69) is 25.7 Å². The Balaban J connectivity index is 1.98. The molecule has 2 aromatic heterocycles. The highest BCUT2D eigenvalue weighted by Gasteiger charge is 2.11. The molecule has 0 radical (unpaired) electrons. The number of fused-ring (bicyclic) bond motifs is 1. The van der Waals surface area contributed by atoms with Crippen LogP contribution in [0.15, 0.2) is 30.5 Å². The van der Waals surface area contributed by atoms with Crippen molar-refractivity contribution in [3.63, 3.8) is 0 Å². The van der Waals surface area contributed by atoms with Gasteiger partial charge in [0, 0.05) is 19.3 Å². The number of benzene rings is 1. The van der Waals surface area contributed by atoms with Gasteiger partial charge in [-0.15, -0.1) is 0 Å². The van der Waals surface area contributed by atoms with Crippen LogP contribution in [0.2, 0.25) is 0 Å². The number of aromatic hydroxyl groups is 1. The van der Waals surface area contributed by atoms with Gasteiger partial charge in [-0.25, -0.2) is 0 Å². The number of aryl methyl sites for hydroxylation is 1. The van der Waals surface area contributed by atoms with E-state index >= 15 is 0 Å². The standard InChI is InChI=1S/C14H16N6O2/c1-20-13-11(8-16-20)12(15-6-7-21)18-14(19-13)17-9-2-4-10(22)5-3-9/h2-5,8,21-22H,6-7H2,1H3,(H2,15,17,18,19). The number of phenolic OH excluding ortho intramolecular Hbond substituents is 1. The Bertz CT molecular complexity index is 784. The fraction of sp³-hybridized carbons (Fsp3) is 0.214. The number of nitrogens with one attached hydrogen (secondary N) is 2. The topological polar surface area (TPSA) is 108 Å². The van der Waals surface area contributed by atoms with Crippen LogP contribution in [0.4, 0.5) is 17.5 Å². The second kappa shape index (κ2) is 5.86. The van der Waals surface area contributed by atoms with Crippen molar-refractivity contribution in [3.8, 4) is 5.75 Å². The van der Waals surface area contributed by atoms with Crippen molar-refractivity contribution in [1.82, 2.24) is 19.7 Å². The fourth-order valence-corrected chi connectivity index (χ4v) is 2.06. The number of aromatic nitrogens is 4. The van der Waals surface area contributed by atoms with E-state index in [-0.39, 0.29) is 12.4 Å². The normalized spacial score (nSPS) is 10.8. The van der Waals surface area contributed by atoms with Crippen molar-refractivity contribution in [1.29, 1.82) is 0 Å².